The molecule has 0 bridgehead atoms. The third-order valence-corrected chi connectivity index (χ3v) is 4.25. The molecule has 0 saturated carbocycles. The van der Waals surface area contributed by atoms with Crippen LogP contribution in [0.1, 0.15) is 28.8 Å². The van der Waals surface area contributed by atoms with E-state index >= 15 is 0 Å². The molecule has 0 spiro atoms. The third kappa shape index (κ3) is 2.54. The van der Waals surface area contributed by atoms with E-state index in [1.807, 2.05) is 36.3 Å². The third-order valence-electron chi connectivity index (χ3n) is 3.52. The number of benzene rings is 1. The van der Waals surface area contributed by atoms with Crippen molar-refractivity contribution in [1.82, 2.24) is 4.90 Å². The summed E-state index contributed by atoms with van der Waals surface area (Å²) >= 11 is 1.64. The maximum absolute atomic E-state index is 12.5. The summed E-state index contributed by atoms with van der Waals surface area (Å²) < 4.78 is 0. The summed E-state index contributed by atoms with van der Waals surface area (Å²) in [4.78, 5) is 15.4. The molecule has 0 aliphatic carbocycles. The summed E-state index contributed by atoms with van der Waals surface area (Å²) in [5, 5.41) is 9.30. The SMILES string of the molecule is CSc1ccc(C)c(C(=O)N2CCC[C@@H]2CO)c1. The van der Waals surface area contributed by atoms with Crippen molar-refractivity contribution in [3.05, 3.63) is 29.3 Å². The normalized spacial score (nSPS) is 19.3. The van der Waals surface area contributed by atoms with Gasteiger partial charge in [0, 0.05) is 17.0 Å². The molecule has 2 rings (SSSR count). The molecule has 0 radical (unpaired) electrons. The number of thioether (sulfide) groups is 1. The molecule has 98 valence electrons. The van der Waals surface area contributed by atoms with Crippen molar-refractivity contribution in [3.8, 4) is 0 Å². The Labute approximate surface area is 112 Å². The average Bonchev–Trinajstić information content (AvgIpc) is 2.86. The van der Waals surface area contributed by atoms with Gasteiger partial charge in [-0.05, 0) is 43.7 Å². The predicted molar refractivity (Wildman–Crippen MR) is 74.1 cm³/mol. The van der Waals surface area contributed by atoms with Crippen molar-refractivity contribution >= 4 is 17.7 Å². The van der Waals surface area contributed by atoms with Gasteiger partial charge in [-0.3, -0.25) is 4.79 Å². The Balaban J connectivity index is 2.27. The molecule has 1 heterocycles. The molecule has 1 atom stereocenters. The fourth-order valence-corrected chi connectivity index (χ4v) is 2.85. The minimum absolute atomic E-state index is 0.00478. The number of nitrogens with zero attached hydrogens (tertiary/aromatic N) is 1. The first-order valence-corrected chi connectivity index (χ1v) is 7.46. The molecule has 1 aromatic rings. The lowest BCUT2D eigenvalue weighted by Gasteiger charge is -2.24. The Bertz CT molecular complexity index is 447. The summed E-state index contributed by atoms with van der Waals surface area (Å²) in [6.07, 6.45) is 3.90. The molecule has 1 fully saturated rings. The van der Waals surface area contributed by atoms with Gasteiger partial charge in [0.05, 0.1) is 12.6 Å². The van der Waals surface area contributed by atoms with Gasteiger partial charge in [0.15, 0.2) is 0 Å². The van der Waals surface area contributed by atoms with E-state index in [0.29, 0.717) is 0 Å². The summed E-state index contributed by atoms with van der Waals surface area (Å²) in [7, 11) is 0. The van der Waals surface area contributed by atoms with Crippen molar-refractivity contribution < 1.29 is 9.90 Å². The summed E-state index contributed by atoms with van der Waals surface area (Å²) in [5.74, 6) is 0.0555. The number of carbonyl (C=O) groups is 1. The lowest BCUT2D eigenvalue weighted by atomic mass is 10.1. The van der Waals surface area contributed by atoms with Gasteiger partial charge in [-0.1, -0.05) is 6.07 Å². The molecule has 0 aromatic heterocycles. The number of rotatable bonds is 3. The summed E-state index contributed by atoms with van der Waals surface area (Å²) in [6.45, 7) is 2.78. The molecular formula is C14H19NO2S. The molecule has 1 aliphatic rings. The number of amides is 1. The van der Waals surface area contributed by atoms with Gasteiger partial charge >= 0.3 is 0 Å². The first-order chi connectivity index (χ1) is 8.67. The zero-order valence-electron chi connectivity index (χ0n) is 10.8. The summed E-state index contributed by atoms with van der Waals surface area (Å²) in [6, 6.07) is 5.97. The van der Waals surface area contributed by atoms with Crippen LogP contribution in [0, 0.1) is 6.92 Å². The van der Waals surface area contributed by atoms with Crippen LogP contribution in [-0.4, -0.2) is 41.4 Å². The molecule has 1 N–H and O–H groups in total. The maximum atomic E-state index is 12.5. The van der Waals surface area contributed by atoms with Crippen LogP contribution < -0.4 is 0 Å². The number of hydrogen-bond acceptors (Lipinski definition) is 3. The van der Waals surface area contributed by atoms with Gasteiger partial charge in [0.2, 0.25) is 0 Å². The Morgan fingerprint density at radius 1 is 1.56 bits per heavy atom. The molecule has 3 nitrogen and oxygen atoms in total. The van der Waals surface area contributed by atoms with Crippen LogP contribution in [0.3, 0.4) is 0 Å². The van der Waals surface area contributed by atoms with Gasteiger partial charge in [-0.15, -0.1) is 11.8 Å². The van der Waals surface area contributed by atoms with E-state index < -0.39 is 0 Å². The van der Waals surface area contributed by atoms with E-state index in [2.05, 4.69) is 0 Å². The fraction of sp³-hybridized carbons (Fsp3) is 0.500. The molecule has 1 aliphatic heterocycles. The van der Waals surface area contributed by atoms with Crippen LogP contribution in [-0.2, 0) is 0 Å². The molecule has 0 unspecified atom stereocenters. The van der Waals surface area contributed by atoms with Crippen LogP contribution >= 0.6 is 11.8 Å². The molecule has 1 aromatic carbocycles. The Hall–Kier alpha value is -1.00. The first kappa shape index (κ1) is 13.4. The van der Waals surface area contributed by atoms with Crippen LogP contribution in [0.4, 0.5) is 0 Å². The van der Waals surface area contributed by atoms with Crippen LogP contribution in [0.5, 0.6) is 0 Å². The monoisotopic (exact) mass is 265 g/mol. The average molecular weight is 265 g/mol. The van der Waals surface area contributed by atoms with E-state index in [9.17, 15) is 9.90 Å². The Morgan fingerprint density at radius 3 is 3.00 bits per heavy atom. The molecule has 1 amide bonds. The number of hydrogen-bond donors (Lipinski definition) is 1. The number of likely N-dealkylation sites (tertiary alicyclic amines) is 1. The van der Waals surface area contributed by atoms with Gasteiger partial charge in [0.25, 0.3) is 5.91 Å². The minimum Gasteiger partial charge on any atom is -0.394 e. The lowest BCUT2D eigenvalue weighted by Crippen LogP contribution is -2.37. The minimum atomic E-state index is -0.00478. The standard InChI is InChI=1S/C14H19NO2S/c1-10-5-6-12(18-2)8-13(10)14(17)15-7-3-4-11(15)9-16/h5-6,8,11,16H,3-4,7,9H2,1-2H3/t11-/m1/s1. The first-order valence-electron chi connectivity index (χ1n) is 6.24. The molecule has 4 heteroatoms. The van der Waals surface area contributed by atoms with Crippen molar-refractivity contribution in [1.29, 1.82) is 0 Å². The predicted octanol–water partition coefficient (Wildman–Crippen LogP) is 2.31. The number of aliphatic hydroxyl groups excluding tert-OH is 1. The highest BCUT2D eigenvalue weighted by atomic mass is 32.2. The van der Waals surface area contributed by atoms with E-state index in [-0.39, 0.29) is 18.6 Å². The van der Waals surface area contributed by atoms with Gasteiger partial charge in [-0.2, -0.15) is 0 Å². The fourth-order valence-electron chi connectivity index (χ4n) is 2.41. The highest BCUT2D eigenvalue weighted by Crippen LogP contribution is 2.24. The van der Waals surface area contributed by atoms with Crippen molar-refractivity contribution in [2.24, 2.45) is 0 Å². The highest BCUT2D eigenvalue weighted by molar-refractivity contribution is 7.98. The molecular weight excluding hydrogens is 246 g/mol. The second-order valence-electron chi connectivity index (χ2n) is 4.66. The zero-order valence-corrected chi connectivity index (χ0v) is 11.7. The Morgan fingerprint density at radius 2 is 2.33 bits per heavy atom. The van der Waals surface area contributed by atoms with E-state index in [4.69, 9.17) is 0 Å². The zero-order chi connectivity index (χ0) is 13.1. The number of aryl methyl sites for hydroxylation is 1. The van der Waals surface area contributed by atoms with Crippen LogP contribution in [0.15, 0.2) is 23.1 Å². The topological polar surface area (TPSA) is 40.5 Å². The van der Waals surface area contributed by atoms with Crippen molar-refractivity contribution in [3.63, 3.8) is 0 Å². The number of carbonyl (C=O) groups excluding carboxylic acids is 1. The number of aliphatic hydroxyl groups is 1. The Kier molecular flexibility index (Phi) is 4.30. The molecule has 18 heavy (non-hydrogen) atoms. The van der Waals surface area contributed by atoms with Crippen LogP contribution in [0.2, 0.25) is 0 Å². The summed E-state index contributed by atoms with van der Waals surface area (Å²) in [5.41, 5.74) is 1.77. The van der Waals surface area contributed by atoms with Gasteiger partial charge < -0.3 is 10.0 Å². The van der Waals surface area contributed by atoms with E-state index in [1.54, 1.807) is 11.8 Å². The molecule has 1 saturated heterocycles. The van der Waals surface area contributed by atoms with Crippen molar-refractivity contribution in [2.75, 3.05) is 19.4 Å². The van der Waals surface area contributed by atoms with Crippen molar-refractivity contribution in [2.45, 2.75) is 30.7 Å². The second-order valence-corrected chi connectivity index (χ2v) is 5.54. The van der Waals surface area contributed by atoms with Gasteiger partial charge in [0.1, 0.15) is 0 Å². The second kappa shape index (κ2) is 5.76. The highest BCUT2D eigenvalue weighted by Gasteiger charge is 2.29. The lowest BCUT2D eigenvalue weighted by molar-refractivity contribution is 0.0676. The smallest absolute Gasteiger partial charge is 0.254 e. The van der Waals surface area contributed by atoms with Crippen LogP contribution in [0.25, 0.3) is 0 Å². The quantitative estimate of drug-likeness (QED) is 0.853. The van der Waals surface area contributed by atoms with E-state index in [1.165, 1.54) is 0 Å². The largest absolute Gasteiger partial charge is 0.394 e. The maximum Gasteiger partial charge on any atom is 0.254 e. The van der Waals surface area contributed by atoms with E-state index in [0.717, 1.165) is 35.4 Å². The van der Waals surface area contributed by atoms with Gasteiger partial charge in [-0.25, -0.2) is 0 Å².